The van der Waals surface area contributed by atoms with Crippen molar-refractivity contribution in [2.75, 3.05) is 20.2 Å². The number of piperidine rings is 1. The Hall–Kier alpha value is -2.21. The van der Waals surface area contributed by atoms with Crippen molar-refractivity contribution in [1.29, 1.82) is 0 Å². The van der Waals surface area contributed by atoms with Crippen LogP contribution in [0.5, 0.6) is 0 Å². The standard InChI is InChI=1S/C18H24N4O2/c1-13-19-14(2)22(20-13)16-8-6-10-21(11-16)18(23)17-9-5-4-7-15(17)12-24-3/h4-5,7,9,16H,6,8,10-12H2,1-3H3/t16-/m0/s1. The van der Waals surface area contributed by atoms with Gasteiger partial charge in [0.1, 0.15) is 11.6 Å². The van der Waals surface area contributed by atoms with Crippen LogP contribution in [0.4, 0.5) is 0 Å². The van der Waals surface area contributed by atoms with Crippen LogP contribution in [0, 0.1) is 13.8 Å². The number of ether oxygens (including phenoxy) is 1. The van der Waals surface area contributed by atoms with Crippen LogP contribution >= 0.6 is 0 Å². The number of aromatic nitrogens is 3. The Morgan fingerprint density at radius 3 is 2.83 bits per heavy atom. The molecule has 2 aromatic rings. The highest BCUT2D eigenvalue weighted by Gasteiger charge is 2.28. The van der Waals surface area contributed by atoms with Gasteiger partial charge in [0.25, 0.3) is 5.91 Å². The monoisotopic (exact) mass is 328 g/mol. The molecule has 1 atom stereocenters. The summed E-state index contributed by atoms with van der Waals surface area (Å²) in [6.07, 6.45) is 1.99. The first kappa shape index (κ1) is 16.6. The van der Waals surface area contributed by atoms with E-state index in [1.165, 1.54) is 0 Å². The van der Waals surface area contributed by atoms with E-state index in [4.69, 9.17) is 4.74 Å². The number of methoxy groups -OCH3 is 1. The molecule has 0 N–H and O–H groups in total. The van der Waals surface area contributed by atoms with Crippen LogP contribution in [0.2, 0.25) is 0 Å². The average Bonchev–Trinajstić information content (AvgIpc) is 2.93. The first-order valence-corrected chi connectivity index (χ1v) is 8.36. The second kappa shape index (κ2) is 7.13. The van der Waals surface area contributed by atoms with E-state index in [0.717, 1.165) is 42.2 Å². The normalized spacial score (nSPS) is 18.0. The van der Waals surface area contributed by atoms with Crippen molar-refractivity contribution < 1.29 is 9.53 Å². The summed E-state index contributed by atoms with van der Waals surface area (Å²) in [5.74, 6) is 1.76. The molecule has 6 heteroatoms. The molecule has 24 heavy (non-hydrogen) atoms. The van der Waals surface area contributed by atoms with Crippen molar-refractivity contribution >= 4 is 5.91 Å². The van der Waals surface area contributed by atoms with E-state index in [2.05, 4.69) is 10.1 Å². The lowest BCUT2D eigenvalue weighted by Crippen LogP contribution is -2.41. The molecule has 1 saturated heterocycles. The van der Waals surface area contributed by atoms with Gasteiger partial charge in [0, 0.05) is 25.8 Å². The SMILES string of the molecule is COCc1ccccc1C(=O)N1CCC[C@H](n2nc(C)nc2C)C1. The quantitative estimate of drug-likeness (QED) is 0.865. The van der Waals surface area contributed by atoms with Gasteiger partial charge in [0.05, 0.1) is 12.6 Å². The molecule has 1 aromatic carbocycles. The topological polar surface area (TPSA) is 60.2 Å². The Morgan fingerprint density at radius 1 is 1.33 bits per heavy atom. The third kappa shape index (κ3) is 3.33. The van der Waals surface area contributed by atoms with Gasteiger partial charge in [-0.15, -0.1) is 0 Å². The summed E-state index contributed by atoms with van der Waals surface area (Å²) in [4.78, 5) is 19.3. The minimum absolute atomic E-state index is 0.0711. The fraction of sp³-hybridized carbons (Fsp3) is 0.500. The number of carbonyl (C=O) groups excluding carboxylic acids is 1. The summed E-state index contributed by atoms with van der Waals surface area (Å²) in [5.41, 5.74) is 1.66. The summed E-state index contributed by atoms with van der Waals surface area (Å²) < 4.78 is 7.19. The van der Waals surface area contributed by atoms with Crippen molar-refractivity contribution in [3.05, 3.63) is 47.0 Å². The molecule has 0 bridgehead atoms. The van der Waals surface area contributed by atoms with Crippen LogP contribution in [-0.4, -0.2) is 45.8 Å². The van der Waals surface area contributed by atoms with Crippen molar-refractivity contribution in [2.45, 2.75) is 39.3 Å². The van der Waals surface area contributed by atoms with E-state index in [1.807, 2.05) is 47.7 Å². The molecular formula is C18H24N4O2. The number of carbonyl (C=O) groups is 1. The first-order valence-electron chi connectivity index (χ1n) is 8.36. The van der Waals surface area contributed by atoms with Crippen molar-refractivity contribution in [3.63, 3.8) is 0 Å². The Morgan fingerprint density at radius 2 is 2.12 bits per heavy atom. The third-order valence-electron chi connectivity index (χ3n) is 4.48. The molecular weight excluding hydrogens is 304 g/mol. The summed E-state index contributed by atoms with van der Waals surface area (Å²) in [5, 5.41) is 4.49. The maximum atomic E-state index is 13.0. The van der Waals surface area contributed by atoms with Crippen molar-refractivity contribution in [3.8, 4) is 0 Å². The van der Waals surface area contributed by atoms with Gasteiger partial charge >= 0.3 is 0 Å². The molecule has 3 rings (SSSR count). The average molecular weight is 328 g/mol. The predicted molar refractivity (Wildman–Crippen MR) is 90.8 cm³/mol. The Balaban J connectivity index is 1.80. The first-order chi connectivity index (χ1) is 11.6. The van der Waals surface area contributed by atoms with Gasteiger partial charge in [0.15, 0.2) is 0 Å². The Kier molecular flexibility index (Phi) is 4.94. The number of rotatable bonds is 4. The predicted octanol–water partition coefficient (Wildman–Crippen LogP) is 2.52. The highest BCUT2D eigenvalue weighted by Crippen LogP contribution is 2.24. The van der Waals surface area contributed by atoms with Crippen LogP contribution in [0.25, 0.3) is 0 Å². The highest BCUT2D eigenvalue weighted by molar-refractivity contribution is 5.95. The molecule has 0 spiro atoms. The van der Waals surface area contributed by atoms with Crippen molar-refractivity contribution in [2.24, 2.45) is 0 Å². The van der Waals surface area contributed by atoms with Gasteiger partial charge in [-0.25, -0.2) is 9.67 Å². The van der Waals surface area contributed by atoms with Crippen LogP contribution in [-0.2, 0) is 11.3 Å². The van der Waals surface area contributed by atoms with E-state index >= 15 is 0 Å². The van der Waals surface area contributed by atoms with Crippen LogP contribution in [0.15, 0.2) is 24.3 Å². The van der Waals surface area contributed by atoms with Crippen LogP contribution < -0.4 is 0 Å². The van der Waals surface area contributed by atoms with Gasteiger partial charge in [-0.05, 0) is 38.3 Å². The van der Waals surface area contributed by atoms with E-state index in [-0.39, 0.29) is 11.9 Å². The zero-order valence-corrected chi connectivity index (χ0v) is 14.5. The molecule has 0 saturated carbocycles. The minimum Gasteiger partial charge on any atom is -0.380 e. The zero-order valence-electron chi connectivity index (χ0n) is 14.5. The van der Waals surface area contributed by atoms with Gasteiger partial charge in [-0.3, -0.25) is 4.79 Å². The number of amides is 1. The number of aryl methyl sites for hydroxylation is 2. The lowest BCUT2D eigenvalue weighted by Gasteiger charge is -2.33. The van der Waals surface area contributed by atoms with Gasteiger partial charge < -0.3 is 9.64 Å². The van der Waals surface area contributed by atoms with Gasteiger partial charge in [-0.1, -0.05) is 18.2 Å². The molecule has 0 unspecified atom stereocenters. The second-order valence-electron chi connectivity index (χ2n) is 6.29. The largest absolute Gasteiger partial charge is 0.380 e. The fourth-order valence-electron chi connectivity index (χ4n) is 3.40. The second-order valence-corrected chi connectivity index (χ2v) is 6.29. The fourth-order valence-corrected chi connectivity index (χ4v) is 3.40. The minimum atomic E-state index is 0.0711. The molecule has 0 aliphatic carbocycles. The number of hydrogen-bond donors (Lipinski definition) is 0. The van der Waals surface area contributed by atoms with E-state index in [9.17, 15) is 4.79 Å². The van der Waals surface area contributed by atoms with E-state index in [1.54, 1.807) is 7.11 Å². The maximum absolute atomic E-state index is 13.0. The third-order valence-corrected chi connectivity index (χ3v) is 4.48. The molecule has 2 heterocycles. The number of nitrogens with zero attached hydrogens (tertiary/aromatic N) is 4. The van der Waals surface area contributed by atoms with Gasteiger partial charge in [0.2, 0.25) is 0 Å². The lowest BCUT2D eigenvalue weighted by atomic mass is 10.0. The summed E-state index contributed by atoms with van der Waals surface area (Å²) in [6.45, 7) is 5.76. The molecule has 1 aliphatic rings. The summed E-state index contributed by atoms with van der Waals surface area (Å²) >= 11 is 0. The molecule has 1 aromatic heterocycles. The van der Waals surface area contributed by atoms with Gasteiger partial charge in [-0.2, -0.15) is 5.10 Å². The van der Waals surface area contributed by atoms with Crippen molar-refractivity contribution in [1.82, 2.24) is 19.7 Å². The number of likely N-dealkylation sites (tertiary alicyclic amines) is 1. The molecule has 1 amide bonds. The highest BCUT2D eigenvalue weighted by atomic mass is 16.5. The Bertz CT molecular complexity index is 726. The summed E-state index contributed by atoms with van der Waals surface area (Å²) in [6, 6.07) is 7.86. The number of benzene rings is 1. The Labute approximate surface area is 142 Å². The molecule has 0 radical (unpaired) electrons. The molecule has 6 nitrogen and oxygen atoms in total. The van der Waals surface area contributed by atoms with Crippen LogP contribution in [0.1, 0.15) is 46.5 Å². The molecule has 128 valence electrons. The maximum Gasteiger partial charge on any atom is 0.254 e. The van der Waals surface area contributed by atoms with E-state index < -0.39 is 0 Å². The molecule has 1 aliphatic heterocycles. The zero-order chi connectivity index (χ0) is 17.1. The smallest absolute Gasteiger partial charge is 0.254 e. The number of hydrogen-bond acceptors (Lipinski definition) is 4. The lowest BCUT2D eigenvalue weighted by molar-refractivity contribution is 0.0666. The van der Waals surface area contributed by atoms with E-state index in [0.29, 0.717) is 13.2 Å². The summed E-state index contributed by atoms with van der Waals surface area (Å²) in [7, 11) is 1.65. The van der Waals surface area contributed by atoms with Crippen LogP contribution in [0.3, 0.4) is 0 Å². The molecule has 1 fully saturated rings.